The van der Waals surface area contributed by atoms with Gasteiger partial charge in [-0.3, -0.25) is 15.0 Å². The van der Waals surface area contributed by atoms with Crippen LogP contribution in [0.3, 0.4) is 0 Å². The Kier molecular flexibility index (Phi) is 10.7. The van der Waals surface area contributed by atoms with Gasteiger partial charge in [-0.25, -0.2) is 28.2 Å². The molecule has 140 valence electrons. The summed E-state index contributed by atoms with van der Waals surface area (Å²) in [6, 6.07) is 3.03. The molecular formula is C13H19N3O8S. The summed E-state index contributed by atoms with van der Waals surface area (Å²) in [6.45, 7) is 0.304. The predicted octanol–water partition coefficient (Wildman–Crippen LogP) is -0.419. The first kappa shape index (κ1) is 22.4. The molecule has 0 spiro atoms. The standard InChI is InChI=1S/C11H17N3O4S.C2H2O4/c15-11(14-16)6-2-1-3-8-13-19(17,18)10-5-4-7-12-9-10;3-1(4)2(5)6/h4-5,7,9,13,16H,1-3,6,8H2,(H,14,15);(H,3,4)(H,5,6). The summed E-state index contributed by atoms with van der Waals surface area (Å²) in [6.07, 6.45) is 4.94. The van der Waals surface area contributed by atoms with Crippen molar-refractivity contribution in [1.82, 2.24) is 15.2 Å². The van der Waals surface area contributed by atoms with Gasteiger partial charge in [0.15, 0.2) is 0 Å². The molecule has 0 saturated carbocycles. The third kappa shape index (κ3) is 10.8. The van der Waals surface area contributed by atoms with Crippen molar-refractivity contribution in [3.05, 3.63) is 24.5 Å². The molecule has 0 aromatic carbocycles. The van der Waals surface area contributed by atoms with Gasteiger partial charge in [0.05, 0.1) is 0 Å². The lowest BCUT2D eigenvalue weighted by Crippen LogP contribution is -2.25. The van der Waals surface area contributed by atoms with Crippen molar-refractivity contribution in [3.8, 4) is 0 Å². The Hall–Kier alpha value is -2.57. The molecule has 0 unspecified atom stereocenters. The number of unbranched alkanes of at least 4 members (excludes halogenated alkanes) is 2. The lowest BCUT2D eigenvalue weighted by molar-refractivity contribution is -0.159. The first-order chi connectivity index (χ1) is 11.7. The van der Waals surface area contributed by atoms with Gasteiger partial charge in [0.25, 0.3) is 0 Å². The van der Waals surface area contributed by atoms with E-state index in [1.165, 1.54) is 18.5 Å². The van der Waals surface area contributed by atoms with Gasteiger partial charge in [-0.05, 0) is 25.0 Å². The van der Waals surface area contributed by atoms with Crippen molar-refractivity contribution in [1.29, 1.82) is 0 Å². The van der Waals surface area contributed by atoms with Crippen LogP contribution >= 0.6 is 0 Å². The number of hydrogen-bond acceptors (Lipinski definition) is 7. The van der Waals surface area contributed by atoms with Crippen LogP contribution in [0, 0.1) is 0 Å². The third-order valence-corrected chi connectivity index (χ3v) is 4.07. The van der Waals surface area contributed by atoms with Crippen LogP contribution in [0.2, 0.25) is 0 Å². The zero-order valence-electron chi connectivity index (χ0n) is 13.1. The third-order valence-electron chi connectivity index (χ3n) is 2.63. The zero-order chi connectivity index (χ0) is 19.3. The van der Waals surface area contributed by atoms with Gasteiger partial charge in [0, 0.05) is 25.4 Å². The molecule has 1 aromatic heterocycles. The van der Waals surface area contributed by atoms with Crippen molar-refractivity contribution in [2.24, 2.45) is 0 Å². The minimum Gasteiger partial charge on any atom is -0.473 e. The quantitative estimate of drug-likeness (QED) is 0.174. The lowest BCUT2D eigenvalue weighted by Gasteiger charge is -2.05. The van der Waals surface area contributed by atoms with Crippen LogP contribution in [0.1, 0.15) is 25.7 Å². The Morgan fingerprint density at radius 2 is 1.72 bits per heavy atom. The maximum Gasteiger partial charge on any atom is 0.414 e. The molecule has 25 heavy (non-hydrogen) atoms. The molecule has 1 amide bonds. The van der Waals surface area contributed by atoms with Crippen LogP contribution in [-0.2, 0) is 24.4 Å². The highest BCUT2D eigenvalue weighted by Crippen LogP contribution is 2.06. The molecule has 0 atom stereocenters. The van der Waals surface area contributed by atoms with Gasteiger partial charge in [0.2, 0.25) is 15.9 Å². The predicted molar refractivity (Wildman–Crippen MR) is 83.1 cm³/mol. The fourth-order valence-electron chi connectivity index (χ4n) is 1.44. The Bertz CT molecular complexity index is 651. The number of carboxylic acids is 2. The molecule has 0 aliphatic rings. The number of sulfonamides is 1. The number of nitrogens with zero attached hydrogens (tertiary/aromatic N) is 1. The smallest absolute Gasteiger partial charge is 0.414 e. The summed E-state index contributed by atoms with van der Waals surface area (Å²) in [7, 11) is -3.50. The number of amides is 1. The fourth-order valence-corrected chi connectivity index (χ4v) is 2.48. The van der Waals surface area contributed by atoms with Crippen molar-refractivity contribution < 1.29 is 38.2 Å². The summed E-state index contributed by atoms with van der Waals surface area (Å²) >= 11 is 0. The van der Waals surface area contributed by atoms with Crippen LogP contribution in [0.25, 0.3) is 0 Å². The van der Waals surface area contributed by atoms with E-state index in [0.29, 0.717) is 25.8 Å². The number of carbonyl (C=O) groups is 3. The topological polar surface area (TPSA) is 183 Å². The molecule has 0 saturated heterocycles. The number of carbonyl (C=O) groups excluding carboxylic acids is 1. The minimum absolute atomic E-state index is 0.134. The Morgan fingerprint density at radius 1 is 1.08 bits per heavy atom. The monoisotopic (exact) mass is 377 g/mol. The van der Waals surface area contributed by atoms with Gasteiger partial charge in [-0.2, -0.15) is 0 Å². The lowest BCUT2D eigenvalue weighted by atomic mass is 10.2. The molecule has 0 aliphatic heterocycles. The number of aliphatic carboxylic acids is 2. The van der Waals surface area contributed by atoms with E-state index in [-0.39, 0.29) is 11.3 Å². The van der Waals surface area contributed by atoms with E-state index < -0.39 is 27.9 Å². The number of carboxylic acid groups (broad SMARTS) is 2. The average molecular weight is 377 g/mol. The minimum atomic E-state index is -3.50. The Balaban J connectivity index is 0.000000823. The van der Waals surface area contributed by atoms with E-state index in [0.717, 1.165) is 0 Å². The molecule has 5 N–H and O–H groups in total. The van der Waals surface area contributed by atoms with Crippen LogP contribution in [0.15, 0.2) is 29.4 Å². The van der Waals surface area contributed by atoms with Crippen LogP contribution in [0.5, 0.6) is 0 Å². The molecule has 0 aliphatic carbocycles. The normalized spacial score (nSPS) is 10.3. The molecule has 12 heteroatoms. The van der Waals surface area contributed by atoms with Crippen LogP contribution in [0.4, 0.5) is 0 Å². The van der Waals surface area contributed by atoms with E-state index in [1.807, 2.05) is 0 Å². The molecule has 1 aromatic rings. The summed E-state index contributed by atoms with van der Waals surface area (Å²) in [5.41, 5.74) is 1.54. The first-order valence-electron chi connectivity index (χ1n) is 6.99. The van der Waals surface area contributed by atoms with E-state index >= 15 is 0 Å². The number of hydrogen-bond donors (Lipinski definition) is 5. The summed E-state index contributed by atoms with van der Waals surface area (Å²) < 4.78 is 26.0. The fraction of sp³-hybridized carbons (Fsp3) is 0.385. The van der Waals surface area contributed by atoms with Crippen molar-refractivity contribution in [3.63, 3.8) is 0 Å². The second kappa shape index (κ2) is 11.9. The molecule has 11 nitrogen and oxygen atoms in total. The number of pyridine rings is 1. The largest absolute Gasteiger partial charge is 0.473 e. The van der Waals surface area contributed by atoms with Gasteiger partial charge >= 0.3 is 11.9 Å². The van der Waals surface area contributed by atoms with Gasteiger partial charge in [-0.15, -0.1) is 0 Å². The second-order valence-corrected chi connectivity index (χ2v) is 6.31. The SMILES string of the molecule is O=C(CCCCCNS(=O)(=O)c1cccnc1)NO.O=C(O)C(=O)O. The molecule has 0 bridgehead atoms. The molecule has 1 rings (SSSR count). The van der Waals surface area contributed by atoms with Crippen LogP contribution in [-0.4, -0.2) is 53.2 Å². The zero-order valence-corrected chi connectivity index (χ0v) is 13.9. The molecule has 1 heterocycles. The Morgan fingerprint density at radius 3 is 2.20 bits per heavy atom. The van der Waals surface area contributed by atoms with E-state index in [9.17, 15) is 13.2 Å². The average Bonchev–Trinajstić information content (AvgIpc) is 2.58. The maximum atomic E-state index is 11.8. The van der Waals surface area contributed by atoms with Crippen molar-refractivity contribution in [2.45, 2.75) is 30.6 Å². The molecule has 0 fully saturated rings. The Labute approximate surface area is 143 Å². The highest BCUT2D eigenvalue weighted by atomic mass is 32.2. The van der Waals surface area contributed by atoms with Crippen molar-refractivity contribution >= 4 is 27.9 Å². The summed E-state index contributed by atoms with van der Waals surface area (Å²) in [5.74, 6) is -4.08. The number of nitrogens with one attached hydrogen (secondary N) is 2. The van der Waals surface area contributed by atoms with E-state index in [4.69, 9.17) is 25.0 Å². The molecular weight excluding hydrogens is 358 g/mol. The van der Waals surface area contributed by atoms with Gasteiger partial charge in [-0.1, -0.05) is 6.42 Å². The number of hydroxylamine groups is 1. The first-order valence-corrected chi connectivity index (χ1v) is 8.48. The maximum absolute atomic E-state index is 11.8. The van der Waals surface area contributed by atoms with Gasteiger partial charge < -0.3 is 10.2 Å². The number of rotatable bonds is 8. The highest BCUT2D eigenvalue weighted by molar-refractivity contribution is 7.89. The van der Waals surface area contributed by atoms with E-state index in [2.05, 4.69) is 9.71 Å². The van der Waals surface area contributed by atoms with E-state index in [1.54, 1.807) is 11.5 Å². The molecule has 0 radical (unpaired) electrons. The summed E-state index contributed by atoms with van der Waals surface area (Å²) in [5, 5.41) is 23.1. The van der Waals surface area contributed by atoms with Crippen molar-refractivity contribution in [2.75, 3.05) is 6.54 Å². The number of aromatic nitrogens is 1. The van der Waals surface area contributed by atoms with Gasteiger partial charge in [0.1, 0.15) is 4.90 Å². The van der Waals surface area contributed by atoms with Crippen LogP contribution < -0.4 is 10.2 Å². The second-order valence-electron chi connectivity index (χ2n) is 4.54. The summed E-state index contributed by atoms with van der Waals surface area (Å²) in [4.78, 5) is 32.8. The highest BCUT2D eigenvalue weighted by Gasteiger charge is 2.12.